The number of hydrogen-bond acceptors (Lipinski definition) is 3. The van der Waals surface area contributed by atoms with Gasteiger partial charge in [0.25, 0.3) is 0 Å². The van der Waals surface area contributed by atoms with Crippen molar-refractivity contribution in [3.63, 3.8) is 0 Å². The molecule has 0 atom stereocenters. The fourth-order valence-corrected chi connectivity index (χ4v) is 2.30. The molecule has 8 heteroatoms. The van der Waals surface area contributed by atoms with Crippen molar-refractivity contribution in [2.45, 2.75) is 12.7 Å². The van der Waals surface area contributed by atoms with Gasteiger partial charge in [-0.15, -0.1) is 0 Å². The number of halogens is 3. The largest absolute Gasteiger partial charge is 0.490 e. The summed E-state index contributed by atoms with van der Waals surface area (Å²) in [6.07, 6.45) is -1.72. The van der Waals surface area contributed by atoms with Gasteiger partial charge in [-0.3, -0.25) is 4.79 Å². The molecule has 0 spiro atoms. The van der Waals surface area contributed by atoms with Crippen LogP contribution in [-0.2, 0) is 12.7 Å². The first kappa shape index (κ1) is 13.5. The number of alkyl halides is 3. The number of amides is 1. The smallest absolute Gasteiger partial charge is 0.420 e. The predicted molar refractivity (Wildman–Crippen MR) is 66.7 cm³/mol. The van der Waals surface area contributed by atoms with Gasteiger partial charge in [0.1, 0.15) is 12.4 Å². The second-order valence-corrected chi connectivity index (χ2v) is 4.58. The second-order valence-electron chi connectivity index (χ2n) is 4.58. The summed E-state index contributed by atoms with van der Waals surface area (Å²) in [5.74, 6) is -1.23. The van der Waals surface area contributed by atoms with E-state index in [0.717, 1.165) is 0 Å². The standard InChI is InChI=1S/C13H10F3N3O2/c14-13(15,16)9-4-7(12(17)20)3-8-10-5-18-6-19(10)1-2-21-11(8)9/h3-6H,1-2H2,(H2,17,20). The van der Waals surface area contributed by atoms with Gasteiger partial charge in [-0.2, -0.15) is 13.2 Å². The van der Waals surface area contributed by atoms with E-state index in [1.54, 1.807) is 4.57 Å². The van der Waals surface area contributed by atoms with Gasteiger partial charge in [-0.1, -0.05) is 0 Å². The molecule has 2 N–H and O–H groups in total. The molecule has 110 valence electrons. The average Bonchev–Trinajstić information content (AvgIpc) is 2.78. The SMILES string of the molecule is NC(=O)c1cc2c(c(C(F)(F)F)c1)OCCn1cncc1-2. The maximum atomic E-state index is 13.2. The number of aromatic nitrogens is 2. The fourth-order valence-electron chi connectivity index (χ4n) is 2.30. The van der Waals surface area contributed by atoms with Crippen molar-refractivity contribution < 1.29 is 22.7 Å². The highest BCUT2D eigenvalue weighted by Crippen LogP contribution is 2.43. The van der Waals surface area contributed by atoms with E-state index in [2.05, 4.69) is 4.98 Å². The zero-order valence-corrected chi connectivity index (χ0v) is 10.6. The molecule has 0 radical (unpaired) electrons. The van der Waals surface area contributed by atoms with Gasteiger partial charge in [-0.25, -0.2) is 4.98 Å². The Hall–Kier alpha value is -2.51. The van der Waals surface area contributed by atoms with Crippen LogP contribution < -0.4 is 10.5 Å². The van der Waals surface area contributed by atoms with Crippen LogP contribution in [0.25, 0.3) is 11.3 Å². The molecule has 1 aromatic carbocycles. The summed E-state index contributed by atoms with van der Waals surface area (Å²) >= 11 is 0. The summed E-state index contributed by atoms with van der Waals surface area (Å²) < 4.78 is 46.5. The Kier molecular flexibility index (Phi) is 2.89. The molecule has 0 unspecified atom stereocenters. The van der Waals surface area contributed by atoms with Gasteiger partial charge in [0.05, 0.1) is 30.3 Å². The predicted octanol–water partition coefficient (Wildman–Crippen LogP) is 2.06. The zero-order valence-electron chi connectivity index (χ0n) is 10.6. The number of fused-ring (bicyclic) bond motifs is 3. The van der Waals surface area contributed by atoms with Crippen LogP contribution >= 0.6 is 0 Å². The lowest BCUT2D eigenvalue weighted by molar-refractivity contribution is -0.138. The second kappa shape index (κ2) is 4.51. The van der Waals surface area contributed by atoms with E-state index in [9.17, 15) is 18.0 Å². The van der Waals surface area contributed by atoms with Gasteiger partial charge in [-0.05, 0) is 12.1 Å². The Balaban J connectivity index is 2.34. The van der Waals surface area contributed by atoms with Crippen LogP contribution in [0.5, 0.6) is 5.75 Å². The maximum absolute atomic E-state index is 13.2. The van der Waals surface area contributed by atoms with Crippen LogP contribution in [0.3, 0.4) is 0 Å². The molecule has 3 rings (SSSR count). The van der Waals surface area contributed by atoms with Crippen LogP contribution in [-0.4, -0.2) is 22.1 Å². The first-order valence-corrected chi connectivity index (χ1v) is 6.06. The van der Waals surface area contributed by atoms with Crippen molar-refractivity contribution in [1.82, 2.24) is 9.55 Å². The van der Waals surface area contributed by atoms with Crippen LogP contribution in [0.2, 0.25) is 0 Å². The number of carbonyl (C=O) groups is 1. The number of ether oxygens (including phenoxy) is 1. The highest BCUT2D eigenvalue weighted by atomic mass is 19.4. The van der Waals surface area contributed by atoms with E-state index in [0.29, 0.717) is 18.3 Å². The fraction of sp³-hybridized carbons (Fsp3) is 0.231. The van der Waals surface area contributed by atoms with E-state index in [1.165, 1.54) is 18.6 Å². The first-order chi connectivity index (χ1) is 9.88. The molecule has 1 aromatic heterocycles. The minimum absolute atomic E-state index is 0.0787. The van der Waals surface area contributed by atoms with Gasteiger partial charge in [0, 0.05) is 11.1 Å². The monoisotopic (exact) mass is 297 g/mol. The minimum atomic E-state index is -4.65. The van der Waals surface area contributed by atoms with E-state index < -0.39 is 17.6 Å². The van der Waals surface area contributed by atoms with Gasteiger partial charge < -0.3 is 15.0 Å². The first-order valence-electron chi connectivity index (χ1n) is 6.06. The number of carbonyl (C=O) groups excluding carboxylic acids is 1. The molecule has 1 aliphatic rings. The Morgan fingerprint density at radius 3 is 2.81 bits per heavy atom. The molecule has 2 aromatic rings. The molecular weight excluding hydrogens is 287 g/mol. The molecule has 0 saturated carbocycles. The van der Waals surface area contributed by atoms with Crippen molar-refractivity contribution in [3.05, 3.63) is 35.8 Å². The van der Waals surface area contributed by atoms with E-state index in [-0.39, 0.29) is 23.5 Å². The normalized spacial score (nSPS) is 13.9. The van der Waals surface area contributed by atoms with E-state index >= 15 is 0 Å². The summed E-state index contributed by atoms with van der Waals surface area (Å²) in [4.78, 5) is 15.2. The molecule has 0 fully saturated rings. The lowest BCUT2D eigenvalue weighted by Crippen LogP contribution is -2.15. The molecule has 21 heavy (non-hydrogen) atoms. The number of benzene rings is 1. The highest BCUT2D eigenvalue weighted by Gasteiger charge is 2.37. The number of nitrogens with two attached hydrogens (primary N) is 1. The van der Waals surface area contributed by atoms with Gasteiger partial charge >= 0.3 is 6.18 Å². The Bertz CT molecular complexity index is 722. The van der Waals surface area contributed by atoms with Crippen LogP contribution in [0.4, 0.5) is 13.2 Å². The summed E-state index contributed by atoms with van der Waals surface area (Å²) in [6.45, 7) is 0.447. The molecule has 1 aliphatic heterocycles. The Morgan fingerprint density at radius 1 is 1.38 bits per heavy atom. The number of hydrogen-bond donors (Lipinski definition) is 1. The lowest BCUT2D eigenvalue weighted by atomic mass is 10.0. The number of imidazole rings is 1. The zero-order chi connectivity index (χ0) is 15.2. The summed E-state index contributed by atoms with van der Waals surface area (Å²) in [7, 11) is 0. The lowest BCUT2D eigenvalue weighted by Gasteiger charge is -2.16. The highest BCUT2D eigenvalue weighted by molar-refractivity contribution is 5.95. The molecule has 0 bridgehead atoms. The maximum Gasteiger partial charge on any atom is 0.420 e. The Labute approximate surface area is 117 Å². The molecule has 1 amide bonds. The van der Waals surface area contributed by atoms with E-state index in [4.69, 9.17) is 10.5 Å². The van der Waals surface area contributed by atoms with Gasteiger partial charge in [0.2, 0.25) is 5.91 Å². The number of primary amides is 1. The molecule has 2 heterocycles. The summed E-state index contributed by atoms with van der Waals surface area (Å²) in [5.41, 5.74) is 4.51. The Morgan fingerprint density at radius 2 is 2.14 bits per heavy atom. The molecule has 0 saturated heterocycles. The van der Waals surface area contributed by atoms with Crippen LogP contribution in [0, 0.1) is 0 Å². The van der Waals surface area contributed by atoms with Crippen molar-refractivity contribution >= 4 is 5.91 Å². The molecule has 5 nitrogen and oxygen atoms in total. The third-order valence-electron chi connectivity index (χ3n) is 3.25. The van der Waals surface area contributed by atoms with E-state index in [1.807, 2.05) is 0 Å². The van der Waals surface area contributed by atoms with Crippen LogP contribution in [0.1, 0.15) is 15.9 Å². The molecule has 0 aliphatic carbocycles. The third-order valence-corrected chi connectivity index (χ3v) is 3.25. The minimum Gasteiger partial charge on any atom is -0.490 e. The quantitative estimate of drug-likeness (QED) is 0.876. The summed E-state index contributed by atoms with van der Waals surface area (Å²) in [5, 5.41) is 0. The van der Waals surface area contributed by atoms with Crippen molar-refractivity contribution in [3.8, 4) is 17.0 Å². The number of nitrogens with zero attached hydrogens (tertiary/aromatic N) is 2. The molecular formula is C13H10F3N3O2. The van der Waals surface area contributed by atoms with Gasteiger partial charge in [0.15, 0.2) is 0 Å². The summed E-state index contributed by atoms with van der Waals surface area (Å²) in [6, 6.07) is 2.01. The van der Waals surface area contributed by atoms with Crippen molar-refractivity contribution in [2.75, 3.05) is 6.61 Å². The average molecular weight is 297 g/mol. The van der Waals surface area contributed by atoms with Crippen molar-refractivity contribution in [1.29, 1.82) is 0 Å². The third kappa shape index (κ3) is 2.22. The topological polar surface area (TPSA) is 70.1 Å². The van der Waals surface area contributed by atoms with Crippen molar-refractivity contribution in [2.24, 2.45) is 5.73 Å². The van der Waals surface area contributed by atoms with Crippen LogP contribution in [0.15, 0.2) is 24.7 Å². The number of rotatable bonds is 1.